The van der Waals surface area contributed by atoms with E-state index < -0.39 is 0 Å². The third-order valence-corrected chi connectivity index (χ3v) is 3.89. The highest BCUT2D eigenvalue weighted by atomic mass is 16.5. The predicted molar refractivity (Wildman–Crippen MR) is 71.9 cm³/mol. The second-order valence-corrected chi connectivity index (χ2v) is 5.22. The molecule has 0 amide bonds. The molecule has 1 N–H and O–H groups in total. The van der Waals surface area contributed by atoms with Gasteiger partial charge in [0.1, 0.15) is 0 Å². The zero-order valence-electron chi connectivity index (χ0n) is 11.7. The Morgan fingerprint density at radius 2 is 2.28 bits per heavy atom. The van der Waals surface area contributed by atoms with Crippen molar-refractivity contribution in [3.63, 3.8) is 0 Å². The second kappa shape index (κ2) is 5.69. The van der Waals surface area contributed by atoms with Gasteiger partial charge in [-0.05, 0) is 37.9 Å². The van der Waals surface area contributed by atoms with Crippen LogP contribution in [0.25, 0.3) is 0 Å². The molecule has 0 spiro atoms. The van der Waals surface area contributed by atoms with Crippen molar-refractivity contribution in [2.75, 3.05) is 31.6 Å². The van der Waals surface area contributed by atoms with Gasteiger partial charge in [0.2, 0.25) is 5.89 Å². The highest BCUT2D eigenvalue weighted by molar-refractivity contribution is 5.27. The first-order valence-corrected chi connectivity index (χ1v) is 6.98. The van der Waals surface area contributed by atoms with Crippen molar-refractivity contribution >= 4 is 5.95 Å². The molecule has 2 rings (SSSR count). The number of rotatable bonds is 5. The Morgan fingerprint density at radius 1 is 1.44 bits per heavy atom. The van der Waals surface area contributed by atoms with E-state index >= 15 is 0 Å². The number of hydrogen-bond donors (Lipinski definition) is 1. The Hall–Kier alpha value is -1.10. The molecule has 0 saturated carbocycles. The van der Waals surface area contributed by atoms with E-state index in [1.807, 2.05) is 11.9 Å². The van der Waals surface area contributed by atoms with E-state index in [0.717, 1.165) is 44.8 Å². The van der Waals surface area contributed by atoms with Gasteiger partial charge in [0.05, 0.1) is 5.41 Å². The van der Waals surface area contributed by atoms with Crippen molar-refractivity contribution in [1.82, 2.24) is 15.5 Å². The van der Waals surface area contributed by atoms with Crippen LogP contribution in [0.1, 0.15) is 45.4 Å². The van der Waals surface area contributed by atoms with Gasteiger partial charge in [0.25, 0.3) is 5.95 Å². The van der Waals surface area contributed by atoms with Crippen LogP contribution in [0.15, 0.2) is 4.52 Å². The molecule has 5 nitrogen and oxygen atoms in total. The standard InChI is InChI=1S/C13H24N4O/c1-4-7-13(8-6-9-14-10-13)11-15-12(16-18-11)17(3)5-2/h14H,4-10H2,1-3H3. The monoisotopic (exact) mass is 252 g/mol. The van der Waals surface area contributed by atoms with Gasteiger partial charge in [-0.25, -0.2) is 0 Å². The number of nitrogens with one attached hydrogen (secondary N) is 1. The fourth-order valence-electron chi connectivity index (χ4n) is 2.68. The molecular formula is C13H24N4O. The molecule has 0 aromatic carbocycles. The van der Waals surface area contributed by atoms with Gasteiger partial charge >= 0.3 is 0 Å². The Morgan fingerprint density at radius 3 is 2.89 bits per heavy atom. The van der Waals surface area contributed by atoms with E-state index in [4.69, 9.17) is 4.52 Å². The van der Waals surface area contributed by atoms with Gasteiger partial charge in [-0.3, -0.25) is 0 Å². The first-order valence-electron chi connectivity index (χ1n) is 6.98. The van der Waals surface area contributed by atoms with Gasteiger partial charge in [0, 0.05) is 20.1 Å². The summed E-state index contributed by atoms with van der Waals surface area (Å²) in [5.41, 5.74) is 0.0484. The van der Waals surface area contributed by atoms with Gasteiger partial charge in [0.15, 0.2) is 0 Å². The summed E-state index contributed by atoms with van der Waals surface area (Å²) < 4.78 is 5.54. The van der Waals surface area contributed by atoms with Gasteiger partial charge in [-0.1, -0.05) is 13.3 Å². The van der Waals surface area contributed by atoms with Crippen molar-refractivity contribution < 1.29 is 4.52 Å². The lowest BCUT2D eigenvalue weighted by atomic mass is 9.77. The molecule has 1 aromatic rings. The molecule has 0 bridgehead atoms. The van der Waals surface area contributed by atoms with Crippen LogP contribution in [0.4, 0.5) is 5.95 Å². The van der Waals surface area contributed by atoms with Crippen LogP contribution in [0, 0.1) is 0 Å². The van der Waals surface area contributed by atoms with E-state index in [1.165, 1.54) is 6.42 Å². The van der Waals surface area contributed by atoms with Crippen LogP contribution in [0.3, 0.4) is 0 Å². The maximum atomic E-state index is 5.54. The van der Waals surface area contributed by atoms with Crippen LogP contribution in [0.5, 0.6) is 0 Å². The summed E-state index contributed by atoms with van der Waals surface area (Å²) in [6.07, 6.45) is 4.58. The zero-order chi connectivity index (χ0) is 13.0. The SMILES string of the molecule is CCCC1(c2nc(N(C)CC)no2)CCCNC1. The number of piperidine rings is 1. The van der Waals surface area contributed by atoms with E-state index in [0.29, 0.717) is 5.95 Å². The molecule has 2 heterocycles. The Bertz CT molecular complexity index is 365. The van der Waals surface area contributed by atoms with E-state index in [2.05, 4.69) is 29.3 Å². The smallest absolute Gasteiger partial charge is 0.265 e. The van der Waals surface area contributed by atoms with Crippen LogP contribution < -0.4 is 10.2 Å². The largest absolute Gasteiger partial charge is 0.342 e. The summed E-state index contributed by atoms with van der Waals surface area (Å²) in [7, 11) is 1.99. The van der Waals surface area contributed by atoms with Crippen molar-refractivity contribution in [2.24, 2.45) is 0 Å². The average molecular weight is 252 g/mol. The minimum Gasteiger partial charge on any atom is -0.342 e. The normalized spacial score (nSPS) is 24.2. The number of aromatic nitrogens is 2. The molecule has 102 valence electrons. The molecule has 5 heteroatoms. The fourth-order valence-corrected chi connectivity index (χ4v) is 2.68. The molecule has 1 aliphatic heterocycles. The van der Waals surface area contributed by atoms with Gasteiger partial charge in [-0.2, -0.15) is 4.98 Å². The van der Waals surface area contributed by atoms with Crippen LogP contribution >= 0.6 is 0 Å². The topological polar surface area (TPSA) is 54.2 Å². The van der Waals surface area contributed by atoms with Crippen LogP contribution in [-0.2, 0) is 5.41 Å². The number of hydrogen-bond acceptors (Lipinski definition) is 5. The minimum absolute atomic E-state index is 0.0484. The quantitative estimate of drug-likeness (QED) is 0.868. The lowest BCUT2D eigenvalue weighted by Gasteiger charge is -2.34. The van der Waals surface area contributed by atoms with Crippen molar-refractivity contribution in [3.05, 3.63) is 5.89 Å². The minimum atomic E-state index is 0.0484. The first-order chi connectivity index (χ1) is 8.72. The number of nitrogens with zero attached hydrogens (tertiary/aromatic N) is 3. The predicted octanol–water partition coefficient (Wildman–Crippen LogP) is 1.95. The fraction of sp³-hybridized carbons (Fsp3) is 0.846. The van der Waals surface area contributed by atoms with Crippen molar-refractivity contribution in [3.8, 4) is 0 Å². The molecule has 18 heavy (non-hydrogen) atoms. The molecular weight excluding hydrogens is 228 g/mol. The summed E-state index contributed by atoms with van der Waals surface area (Å²) >= 11 is 0. The third-order valence-electron chi connectivity index (χ3n) is 3.89. The van der Waals surface area contributed by atoms with E-state index in [-0.39, 0.29) is 5.41 Å². The molecule has 1 unspecified atom stereocenters. The summed E-state index contributed by atoms with van der Waals surface area (Å²) in [5.74, 6) is 1.51. The molecule has 1 aromatic heterocycles. The molecule has 0 radical (unpaired) electrons. The van der Waals surface area contributed by atoms with Crippen LogP contribution in [-0.4, -0.2) is 36.8 Å². The zero-order valence-corrected chi connectivity index (χ0v) is 11.7. The number of anilines is 1. The summed E-state index contributed by atoms with van der Waals surface area (Å²) in [6, 6.07) is 0. The highest BCUT2D eigenvalue weighted by Gasteiger charge is 2.38. The molecule has 1 aliphatic rings. The highest BCUT2D eigenvalue weighted by Crippen LogP contribution is 2.35. The maximum absolute atomic E-state index is 5.54. The van der Waals surface area contributed by atoms with Crippen molar-refractivity contribution in [2.45, 2.75) is 44.9 Å². The Balaban J connectivity index is 2.22. The Kier molecular flexibility index (Phi) is 4.22. The second-order valence-electron chi connectivity index (χ2n) is 5.22. The summed E-state index contributed by atoms with van der Waals surface area (Å²) in [5, 5.41) is 7.57. The summed E-state index contributed by atoms with van der Waals surface area (Å²) in [6.45, 7) is 7.24. The van der Waals surface area contributed by atoms with Gasteiger partial charge < -0.3 is 14.7 Å². The van der Waals surface area contributed by atoms with E-state index in [9.17, 15) is 0 Å². The van der Waals surface area contributed by atoms with Gasteiger partial charge in [-0.15, -0.1) is 0 Å². The third kappa shape index (κ3) is 2.51. The van der Waals surface area contributed by atoms with E-state index in [1.54, 1.807) is 0 Å². The van der Waals surface area contributed by atoms with Crippen molar-refractivity contribution in [1.29, 1.82) is 0 Å². The molecule has 0 aliphatic carbocycles. The maximum Gasteiger partial charge on any atom is 0.265 e. The lowest BCUT2D eigenvalue weighted by molar-refractivity contribution is 0.213. The van der Waals surface area contributed by atoms with Crippen LogP contribution in [0.2, 0.25) is 0 Å². The average Bonchev–Trinajstić information content (AvgIpc) is 2.89. The molecule has 1 saturated heterocycles. The Labute approximate surface area is 109 Å². The lowest BCUT2D eigenvalue weighted by Crippen LogP contribution is -2.43. The molecule has 1 atom stereocenters. The molecule has 1 fully saturated rings. The first kappa shape index (κ1) is 13.3. The summed E-state index contributed by atoms with van der Waals surface area (Å²) in [4.78, 5) is 6.61.